The van der Waals surface area contributed by atoms with Crippen molar-refractivity contribution in [2.75, 3.05) is 13.2 Å². The zero-order valence-corrected chi connectivity index (χ0v) is 18.9. The summed E-state index contributed by atoms with van der Waals surface area (Å²) in [7, 11) is 0. The fourth-order valence-electron chi connectivity index (χ4n) is 4.52. The van der Waals surface area contributed by atoms with Gasteiger partial charge >= 0.3 is 5.97 Å². The van der Waals surface area contributed by atoms with Gasteiger partial charge in [0.2, 0.25) is 0 Å². The van der Waals surface area contributed by atoms with Gasteiger partial charge < -0.3 is 15.2 Å². The smallest absolute Gasteiger partial charge is 0.335 e. The molecule has 0 saturated heterocycles. The number of carbonyl (C=O) groups is 1. The number of ether oxygens (including phenoxy) is 1. The number of benzene rings is 2. The largest absolute Gasteiger partial charge is 0.478 e. The zero-order valence-electron chi connectivity index (χ0n) is 18.1. The average molecular weight is 453 g/mol. The topological polar surface area (TPSA) is 70.9 Å². The highest BCUT2D eigenvalue weighted by Gasteiger charge is 2.31. The van der Waals surface area contributed by atoms with Crippen molar-refractivity contribution < 1.29 is 14.6 Å². The molecule has 1 fully saturated rings. The van der Waals surface area contributed by atoms with E-state index in [2.05, 4.69) is 5.32 Å². The molecule has 1 unspecified atom stereocenters. The summed E-state index contributed by atoms with van der Waals surface area (Å²) < 4.78 is 5.98. The first-order valence-corrected chi connectivity index (χ1v) is 11.7. The van der Waals surface area contributed by atoms with E-state index < -0.39 is 12.0 Å². The van der Waals surface area contributed by atoms with Crippen LogP contribution >= 0.6 is 11.6 Å². The molecule has 168 valence electrons. The van der Waals surface area contributed by atoms with Gasteiger partial charge in [-0.3, -0.25) is 4.99 Å². The Morgan fingerprint density at radius 3 is 2.59 bits per heavy atom. The summed E-state index contributed by atoms with van der Waals surface area (Å²) in [6.07, 6.45) is 7.51. The molecule has 32 heavy (non-hydrogen) atoms. The molecule has 0 spiro atoms. The highest BCUT2D eigenvalue weighted by Crippen LogP contribution is 2.33. The summed E-state index contributed by atoms with van der Waals surface area (Å²) in [5, 5.41) is 13.9. The van der Waals surface area contributed by atoms with Crippen LogP contribution in [0.4, 0.5) is 0 Å². The number of nitrogens with zero attached hydrogens (tertiary/aromatic N) is 1. The van der Waals surface area contributed by atoms with E-state index in [0.29, 0.717) is 23.2 Å². The van der Waals surface area contributed by atoms with Gasteiger partial charge in [-0.05, 0) is 30.0 Å². The number of carboxylic acids is 1. The number of rotatable bonds is 8. The van der Waals surface area contributed by atoms with Gasteiger partial charge in [0.15, 0.2) is 0 Å². The first kappa shape index (κ1) is 22.6. The van der Waals surface area contributed by atoms with E-state index in [1.165, 1.54) is 32.1 Å². The van der Waals surface area contributed by atoms with Crippen LogP contribution < -0.4 is 5.32 Å². The molecule has 1 aliphatic carbocycles. The van der Waals surface area contributed by atoms with Crippen LogP contribution in [0, 0.1) is 5.92 Å². The number of aliphatic imine (C=N–C) groups is 1. The van der Waals surface area contributed by atoms with Crippen molar-refractivity contribution in [2.24, 2.45) is 10.9 Å². The molecule has 2 aromatic rings. The minimum atomic E-state index is -1.01. The van der Waals surface area contributed by atoms with Crippen LogP contribution in [0.25, 0.3) is 0 Å². The van der Waals surface area contributed by atoms with Gasteiger partial charge in [-0.25, -0.2) is 4.79 Å². The van der Waals surface area contributed by atoms with E-state index in [1.54, 1.807) is 12.1 Å². The van der Waals surface area contributed by atoms with Crippen LogP contribution in [-0.4, -0.2) is 30.1 Å². The maximum atomic E-state index is 12.3. The third-order valence-electron chi connectivity index (χ3n) is 6.21. The molecule has 1 saturated carbocycles. The van der Waals surface area contributed by atoms with Crippen LogP contribution in [0.2, 0.25) is 5.02 Å². The molecule has 2 aromatic carbocycles. The van der Waals surface area contributed by atoms with E-state index in [-0.39, 0.29) is 12.2 Å². The first-order chi connectivity index (χ1) is 15.6. The van der Waals surface area contributed by atoms with Crippen molar-refractivity contribution >= 4 is 23.4 Å². The number of carboxylic acid groups (broad SMARTS) is 1. The van der Waals surface area contributed by atoms with Crippen molar-refractivity contribution in [1.29, 1.82) is 0 Å². The summed E-state index contributed by atoms with van der Waals surface area (Å²) in [5.41, 5.74) is 2.37. The lowest BCUT2D eigenvalue weighted by Gasteiger charge is -2.27. The van der Waals surface area contributed by atoms with Crippen LogP contribution in [0.5, 0.6) is 0 Å². The highest BCUT2D eigenvalue weighted by molar-refractivity contribution is 6.30. The van der Waals surface area contributed by atoms with Gasteiger partial charge in [0.05, 0.1) is 17.9 Å². The quantitative estimate of drug-likeness (QED) is 0.500. The third-order valence-corrected chi connectivity index (χ3v) is 6.44. The summed E-state index contributed by atoms with van der Waals surface area (Å²) in [5.74, 6) is 0.340. The second-order valence-electron chi connectivity index (χ2n) is 8.47. The molecule has 0 amide bonds. The van der Waals surface area contributed by atoms with Crippen molar-refractivity contribution in [3.63, 3.8) is 0 Å². The van der Waals surface area contributed by atoms with Crippen molar-refractivity contribution in [3.8, 4) is 0 Å². The Balaban J connectivity index is 1.58. The number of hydrogen-bond acceptors (Lipinski definition) is 4. The SMILES string of the molecule is O=C(O)C1=C(COCCC2CCCCC2)NC(c2ccccc2)=NC1c1cccc(Cl)c1. The Kier molecular flexibility index (Phi) is 7.61. The molecule has 1 atom stereocenters. The highest BCUT2D eigenvalue weighted by atomic mass is 35.5. The lowest BCUT2D eigenvalue weighted by atomic mass is 9.87. The molecular formula is C26H29ClN2O3. The second kappa shape index (κ2) is 10.8. The fraction of sp³-hybridized carbons (Fsp3) is 0.385. The number of hydrogen-bond donors (Lipinski definition) is 2. The summed E-state index contributed by atoms with van der Waals surface area (Å²) in [4.78, 5) is 17.1. The summed E-state index contributed by atoms with van der Waals surface area (Å²) in [6.45, 7) is 0.833. The fourth-order valence-corrected chi connectivity index (χ4v) is 4.72. The van der Waals surface area contributed by atoms with Gasteiger partial charge in [-0.1, -0.05) is 86.2 Å². The predicted octanol–water partition coefficient (Wildman–Crippen LogP) is 5.76. The molecule has 5 nitrogen and oxygen atoms in total. The Labute approximate surface area is 194 Å². The molecule has 0 aromatic heterocycles. The van der Waals surface area contributed by atoms with E-state index in [0.717, 1.165) is 23.5 Å². The standard InChI is InChI=1S/C26H29ClN2O3/c27-21-13-7-12-20(16-21)24-23(26(30)31)22(17-32-15-14-18-8-3-1-4-9-18)28-25(29-24)19-10-5-2-6-11-19/h2,5-7,10-13,16,18,24H,1,3-4,8-9,14-15,17H2,(H,28,29)(H,30,31). The van der Waals surface area contributed by atoms with Crippen LogP contribution in [0.3, 0.4) is 0 Å². The Morgan fingerprint density at radius 1 is 1.09 bits per heavy atom. The first-order valence-electron chi connectivity index (χ1n) is 11.3. The molecule has 0 bridgehead atoms. The van der Waals surface area contributed by atoms with Crippen molar-refractivity contribution in [3.05, 3.63) is 82.0 Å². The lowest BCUT2D eigenvalue weighted by molar-refractivity contribution is -0.133. The van der Waals surface area contributed by atoms with Gasteiger partial charge in [0, 0.05) is 17.2 Å². The van der Waals surface area contributed by atoms with Crippen LogP contribution in [0.15, 0.2) is 70.9 Å². The van der Waals surface area contributed by atoms with E-state index in [1.807, 2.05) is 42.5 Å². The summed E-state index contributed by atoms with van der Waals surface area (Å²) in [6, 6.07) is 16.3. The molecular weight excluding hydrogens is 424 g/mol. The van der Waals surface area contributed by atoms with Crippen LogP contribution in [0.1, 0.15) is 55.7 Å². The zero-order chi connectivity index (χ0) is 22.3. The molecule has 6 heteroatoms. The normalized spacial score (nSPS) is 19.4. The molecule has 2 aliphatic rings. The lowest BCUT2D eigenvalue weighted by Crippen LogP contribution is -2.35. The van der Waals surface area contributed by atoms with E-state index in [9.17, 15) is 9.90 Å². The third kappa shape index (κ3) is 5.59. The van der Waals surface area contributed by atoms with Gasteiger partial charge in [-0.2, -0.15) is 0 Å². The Hall–Kier alpha value is -2.63. The molecule has 1 heterocycles. The minimum absolute atomic E-state index is 0.199. The van der Waals surface area contributed by atoms with Crippen LogP contribution in [-0.2, 0) is 9.53 Å². The maximum Gasteiger partial charge on any atom is 0.335 e. The van der Waals surface area contributed by atoms with E-state index >= 15 is 0 Å². The molecule has 4 rings (SSSR count). The maximum absolute atomic E-state index is 12.3. The molecule has 0 radical (unpaired) electrons. The number of amidine groups is 1. The number of halogens is 1. The van der Waals surface area contributed by atoms with Gasteiger partial charge in [-0.15, -0.1) is 0 Å². The monoisotopic (exact) mass is 452 g/mol. The van der Waals surface area contributed by atoms with Crippen molar-refractivity contribution in [2.45, 2.75) is 44.6 Å². The minimum Gasteiger partial charge on any atom is -0.478 e. The average Bonchev–Trinajstić information content (AvgIpc) is 2.82. The van der Waals surface area contributed by atoms with E-state index in [4.69, 9.17) is 21.3 Å². The summed E-state index contributed by atoms with van der Waals surface area (Å²) >= 11 is 6.21. The van der Waals surface area contributed by atoms with Gasteiger partial charge in [0.1, 0.15) is 11.9 Å². The van der Waals surface area contributed by atoms with Crippen molar-refractivity contribution in [1.82, 2.24) is 5.32 Å². The number of aliphatic carboxylic acids is 1. The predicted molar refractivity (Wildman–Crippen MR) is 127 cm³/mol. The Bertz CT molecular complexity index is 997. The van der Waals surface area contributed by atoms with Gasteiger partial charge in [0.25, 0.3) is 0 Å². The molecule has 1 aliphatic heterocycles. The Morgan fingerprint density at radius 2 is 1.88 bits per heavy atom. The molecule has 2 N–H and O–H groups in total. The second-order valence-corrected chi connectivity index (χ2v) is 8.91. The number of nitrogens with one attached hydrogen (secondary N) is 1.